The van der Waals surface area contributed by atoms with Crippen molar-refractivity contribution < 1.29 is 42.6 Å². The second-order valence-corrected chi connectivity index (χ2v) is 7.50. The summed E-state index contributed by atoms with van der Waals surface area (Å²) < 4.78 is 45.1. The highest BCUT2D eigenvalue weighted by molar-refractivity contribution is 5.90. The highest BCUT2D eigenvalue weighted by Crippen LogP contribution is 2.33. The molecule has 1 fully saturated rings. The molecule has 2 unspecified atom stereocenters. The number of halogens is 2. The van der Waals surface area contributed by atoms with Crippen molar-refractivity contribution in [2.75, 3.05) is 37.8 Å². The molecule has 1 aromatic carbocycles. The first kappa shape index (κ1) is 22.7. The van der Waals surface area contributed by atoms with E-state index in [1.807, 2.05) is 0 Å². The van der Waals surface area contributed by atoms with Gasteiger partial charge in [0.1, 0.15) is 37.2 Å². The normalized spacial score (nSPS) is 19.3. The van der Waals surface area contributed by atoms with Crippen molar-refractivity contribution in [1.29, 1.82) is 0 Å². The molecule has 176 valence electrons. The number of aromatic nitrogens is 1. The Morgan fingerprint density at radius 2 is 2.09 bits per heavy atom. The Morgan fingerprint density at radius 3 is 2.70 bits per heavy atom. The number of aliphatic hydroxyl groups is 2. The quantitative estimate of drug-likeness (QED) is 0.627. The zero-order valence-electron chi connectivity index (χ0n) is 17.3. The Balaban J connectivity index is 1.51. The van der Waals surface area contributed by atoms with Crippen molar-refractivity contribution >= 4 is 23.3 Å². The zero-order valence-corrected chi connectivity index (χ0v) is 17.3. The standard InChI is InChI=1S/C21H21F2N3O7/c22-15-7-13(26-14(11-32-21(26)30)10-31-18-3-6-33-24-18)8-16(23)19(15)12-1-4-25(5-2-12)20(29)17(28)9-27/h1,3,6-8,14,17,27-28H,2,4-5,9-11H2. The first-order valence-electron chi connectivity index (χ1n) is 10.1. The molecule has 2 aliphatic heterocycles. The van der Waals surface area contributed by atoms with Crippen LogP contribution in [0.4, 0.5) is 19.3 Å². The van der Waals surface area contributed by atoms with E-state index in [4.69, 9.17) is 14.6 Å². The van der Waals surface area contributed by atoms with Gasteiger partial charge < -0.3 is 29.1 Å². The molecule has 2 amide bonds. The summed E-state index contributed by atoms with van der Waals surface area (Å²) >= 11 is 0. The maximum Gasteiger partial charge on any atom is 0.414 e. The topological polar surface area (TPSA) is 126 Å². The van der Waals surface area contributed by atoms with Gasteiger partial charge in [-0.05, 0) is 29.3 Å². The van der Waals surface area contributed by atoms with Gasteiger partial charge in [0.05, 0.1) is 12.3 Å². The highest BCUT2D eigenvalue weighted by Gasteiger charge is 2.36. The third kappa shape index (κ3) is 4.66. The molecule has 1 saturated heterocycles. The van der Waals surface area contributed by atoms with E-state index in [0.29, 0.717) is 5.57 Å². The van der Waals surface area contributed by atoms with E-state index < -0.39 is 42.4 Å². The van der Waals surface area contributed by atoms with Gasteiger partial charge in [-0.1, -0.05) is 6.08 Å². The number of carbonyl (C=O) groups is 2. The molecule has 2 aromatic rings. The van der Waals surface area contributed by atoms with Crippen molar-refractivity contribution in [2.24, 2.45) is 0 Å². The van der Waals surface area contributed by atoms with Crippen LogP contribution in [0.2, 0.25) is 0 Å². The maximum atomic E-state index is 15.0. The van der Waals surface area contributed by atoms with Crippen LogP contribution in [0.15, 0.2) is 35.1 Å². The summed E-state index contributed by atoms with van der Waals surface area (Å²) in [7, 11) is 0. The molecule has 2 aliphatic rings. The largest absolute Gasteiger partial charge is 0.473 e. The number of ether oxygens (including phenoxy) is 2. The molecule has 12 heteroatoms. The molecule has 1 aromatic heterocycles. The van der Waals surface area contributed by atoms with Crippen LogP contribution in [0.5, 0.6) is 5.88 Å². The summed E-state index contributed by atoms with van der Waals surface area (Å²) in [5, 5.41) is 22.0. The third-order valence-electron chi connectivity index (χ3n) is 5.40. The fourth-order valence-corrected chi connectivity index (χ4v) is 3.75. The van der Waals surface area contributed by atoms with Crippen molar-refractivity contribution in [3.63, 3.8) is 0 Å². The number of aliphatic hydroxyl groups excluding tert-OH is 2. The molecule has 0 saturated carbocycles. The summed E-state index contributed by atoms with van der Waals surface area (Å²) in [5.41, 5.74) is 0.0785. The molecular weight excluding hydrogens is 444 g/mol. The number of anilines is 1. The Bertz CT molecular complexity index is 1040. The Morgan fingerprint density at radius 1 is 1.33 bits per heavy atom. The summed E-state index contributed by atoms with van der Waals surface area (Å²) in [4.78, 5) is 26.6. The van der Waals surface area contributed by atoms with Gasteiger partial charge in [0, 0.05) is 24.7 Å². The third-order valence-corrected chi connectivity index (χ3v) is 5.40. The van der Waals surface area contributed by atoms with E-state index in [1.165, 1.54) is 23.3 Å². The van der Waals surface area contributed by atoms with Crippen molar-refractivity contribution in [3.05, 3.63) is 47.7 Å². The van der Waals surface area contributed by atoms with Gasteiger partial charge in [0.15, 0.2) is 6.10 Å². The van der Waals surface area contributed by atoms with Crippen LogP contribution in [-0.2, 0) is 9.53 Å². The fraction of sp³-hybridized carbons (Fsp3) is 0.381. The molecule has 0 radical (unpaired) electrons. The van der Waals surface area contributed by atoms with Crippen molar-refractivity contribution in [1.82, 2.24) is 10.1 Å². The Labute approximate surface area is 186 Å². The molecule has 0 spiro atoms. The van der Waals surface area contributed by atoms with Crippen LogP contribution in [0, 0.1) is 11.6 Å². The average molecular weight is 465 g/mol. The van der Waals surface area contributed by atoms with Gasteiger partial charge >= 0.3 is 6.09 Å². The molecule has 2 N–H and O–H groups in total. The molecule has 0 aliphatic carbocycles. The van der Waals surface area contributed by atoms with Crippen LogP contribution in [-0.4, -0.2) is 77.3 Å². The minimum Gasteiger partial charge on any atom is -0.473 e. The van der Waals surface area contributed by atoms with Gasteiger partial charge in [-0.2, -0.15) is 0 Å². The van der Waals surface area contributed by atoms with Crippen LogP contribution in [0.1, 0.15) is 12.0 Å². The molecule has 3 heterocycles. The van der Waals surface area contributed by atoms with Gasteiger partial charge in [0.2, 0.25) is 0 Å². The van der Waals surface area contributed by atoms with Gasteiger partial charge in [0.25, 0.3) is 11.8 Å². The van der Waals surface area contributed by atoms with E-state index >= 15 is 0 Å². The Hall–Kier alpha value is -3.51. The number of benzene rings is 1. The lowest BCUT2D eigenvalue weighted by atomic mass is 9.97. The van der Waals surface area contributed by atoms with E-state index in [1.54, 1.807) is 0 Å². The minimum absolute atomic E-state index is 0.0238. The monoisotopic (exact) mass is 465 g/mol. The summed E-state index contributed by atoms with van der Waals surface area (Å²) in [5.74, 6) is -2.20. The smallest absolute Gasteiger partial charge is 0.414 e. The number of nitrogens with zero attached hydrogens (tertiary/aromatic N) is 3. The first-order valence-corrected chi connectivity index (χ1v) is 10.1. The number of rotatable bonds is 7. The number of amides is 2. The maximum absolute atomic E-state index is 15.0. The predicted octanol–water partition coefficient (Wildman–Crippen LogP) is 1.33. The van der Waals surface area contributed by atoms with E-state index in [2.05, 4.69) is 9.68 Å². The SMILES string of the molecule is O=C(C(O)CO)N1CC=C(c2c(F)cc(N3C(=O)OCC3COc3ccon3)cc2F)CC1. The second kappa shape index (κ2) is 9.55. The first-order chi connectivity index (χ1) is 15.9. The molecule has 4 rings (SSSR count). The number of cyclic esters (lactones) is 1. The lowest BCUT2D eigenvalue weighted by Crippen LogP contribution is -2.42. The summed E-state index contributed by atoms with van der Waals surface area (Å²) in [6.45, 7) is -0.609. The second-order valence-electron chi connectivity index (χ2n) is 7.50. The van der Waals surface area contributed by atoms with E-state index in [0.717, 1.165) is 17.0 Å². The summed E-state index contributed by atoms with van der Waals surface area (Å²) in [6, 6.07) is 2.93. The molecule has 2 atom stereocenters. The van der Waals surface area contributed by atoms with Gasteiger partial charge in [-0.25, -0.2) is 13.6 Å². The van der Waals surface area contributed by atoms with Crippen LogP contribution in [0.3, 0.4) is 0 Å². The van der Waals surface area contributed by atoms with E-state index in [-0.39, 0.29) is 49.9 Å². The Kier molecular flexibility index (Phi) is 6.56. The van der Waals surface area contributed by atoms with Crippen molar-refractivity contribution in [3.8, 4) is 5.88 Å². The van der Waals surface area contributed by atoms with Crippen molar-refractivity contribution in [2.45, 2.75) is 18.6 Å². The molecular formula is C21H21F2N3O7. The lowest BCUT2D eigenvalue weighted by molar-refractivity contribution is -0.141. The van der Waals surface area contributed by atoms with Gasteiger partial charge in [-0.15, -0.1) is 0 Å². The van der Waals surface area contributed by atoms with Crippen LogP contribution in [0.25, 0.3) is 5.57 Å². The number of carbonyl (C=O) groups excluding carboxylic acids is 2. The predicted molar refractivity (Wildman–Crippen MR) is 108 cm³/mol. The van der Waals surface area contributed by atoms with Crippen LogP contribution < -0.4 is 9.64 Å². The minimum atomic E-state index is -1.53. The highest BCUT2D eigenvalue weighted by atomic mass is 19.1. The average Bonchev–Trinajstić information content (AvgIpc) is 3.46. The molecule has 10 nitrogen and oxygen atoms in total. The zero-order chi connectivity index (χ0) is 23.5. The van der Waals surface area contributed by atoms with E-state index in [9.17, 15) is 23.5 Å². The summed E-state index contributed by atoms with van der Waals surface area (Å²) in [6.07, 6.45) is 0.664. The lowest BCUT2D eigenvalue weighted by Gasteiger charge is -2.28. The molecule has 0 bridgehead atoms. The van der Waals surface area contributed by atoms with Gasteiger partial charge in [-0.3, -0.25) is 9.69 Å². The number of hydrogen-bond acceptors (Lipinski definition) is 8. The van der Waals surface area contributed by atoms with Crippen LogP contribution >= 0.6 is 0 Å². The molecule has 33 heavy (non-hydrogen) atoms. The number of hydrogen-bond donors (Lipinski definition) is 2. The fourth-order valence-electron chi connectivity index (χ4n) is 3.75.